The Hall–Kier alpha value is -1.46. The fraction of sp³-hybridized carbons (Fsp3) is 0.429. The molecule has 19 heavy (non-hydrogen) atoms. The van der Waals surface area contributed by atoms with Gasteiger partial charge in [-0.15, -0.1) is 0 Å². The van der Waals surface area contributed by atoms with Crippen molar-refractivity contribution in [3.63, 3.8) is 0 Å². The van der Waals surface area contributed by atoms with E-state index >= 15 is 0 Å². The zero-order chi connectivity index (χ0) is 13.2. The van der Waals surface area contributed by atoms with Crippen molar-refractivity contribution in [2.24, 2.45) is 5.92 Å². The van der Waals surface area contributed by atoms with Gasteiger partial charge < -0.3 is 4.74 Å². The van der Waals surface area contributed by atoms with E-state index in [2.05, 4.69) is 33.8 Å². The van der Waals surface area contributed by atoms with Crippen LogP contribution in [0.25, 0.3) is 11.4 Å². The number of ether oxygens (including phenoxy) is 1. The summed E-state index contributed by atoms with van der Waals surface area (Å²) in [7, 11) is 0. The van der Waals surface area contributed by atoms with E-state index in [1.807, 2.05) is 18.2 Å². The maximum Gasteiger partial charge on any atom is 0.195 e. The molecule has 2 aromatic rings. The molecule has 0 amide bonds. The fourth-order valence-corrected chi connectivity index (χ4v) is 2.92. The van der Waals surface area contributed by atoms with Crippen molar-refractivity contribution in [1.29, 1.82) is 0 Å². The molecule has 5 heteroatoms. The maximum absolute atomic E-state index is 5.48. The highest BCUT2D eigenvalue weighted by Gasteiger charge is 2.26. The summed E-state index contributed by atoms with van der Waals surface area (Å²) in [5.41, 5.74) is 1.08. The summed E-state index contributed by atoms with van der Waals surface area (Å²) in [6.45, 7) is 3.85. The van der Waals surface area contributed by atoms with Gasteiger partial charge in [-0.1, -0.05) is 30.3 Å². The average Bonchev–Trinajstić information content (AvgIpc) is 3.08. The Kier molecular flexibility index (Phi) is 3.48. The predicted octanol–water partition coefficient (Wildman–Crippen LogP) is 3.21. The Labute approximate surface area is 117 Å². The van der Waals surface area contributed by atoms with Gasteiger partial charge in [0, 0.05) is 24.1 Å². The highest BCUT2D eigenvalue weighted by molar-refractivity contribution is 7.71. The molecule has 3 rings (SSSR count). The number of aromatic nitrogens is 3. The Balaban J connectivity index is 2.01. The molecule has 1 N–H and O–H groups in total. The maximum atomic E-state index is 5.48. The standard InChI is InChI=1S/C14H17N3OS/c1-10(12-7-8-18-9-12)17-13(15-16-14(17)19)11-5-3-2-4-6-11/h2-6,10,12H,7-9H2,1H3,(H,16,19). The summed E-state index contributed by atoms with van der Waals surface area (Å²) < 4.78 is 8.28. The van der Waals surface area contributed by atoms with Crippen LogP contribution in [0.2, 0.25) is 0 Å². The van der Waals surface area contributed by atoms with Crippen LogP contribution in [0.3, 0.4) is 0 Å². The van der Waals surface area contributed by atoms with Crippen molar-refractivity contribution < 1.29 is 4.74 Å². The molecule has 1 aliphatic rings. The number of hydrogen-bond acceptors (Lipinski definition) is 3. The van der Waals surface area contributed by atoms with Gasteiger partial charge in [-0.2, -0.15) is 5.10 Å². The summed E-state index contributed by atoms with van der Waals surface area (Å²) in [5, 5.41) is 7.30. The van der Waals surface area contributed by atoms with Crippen molar-refractivity contribution in [3.8, 4) is 11.4 Å². The van der Waals surface area contributed by atoms with Crippen LogP contribution in [-0.4, -0.2) is 28.0 Å². The molecule has 1 aromatic heterocycles. The molecule has 0 aliphatic carbocycles. The highest BCUT2D eigenvalue weighted by atomic mass is 32.1. The average molecular weight is 275 g/mol. The summed E-state index contributed by atoms with van der Waals surface area (Å²) in [5.74, 6) is 1.41. The SMILES string of the molecule is CC(C1CCOC1)n1c(-c2ccccc2)n[nH]c1=S. The third-order valence-electron chi connectivity index (χ3n) is 3.79. The van der Waals surface area contributed by atoms with Crippen molar-refractivity contribution in [1.82, 2.24) is 14.8 Å². The first-order valence-corrected chi connectivity index (χ1v) is 6.98. The number of benzene rings is 1. The van der Waals surface area contributed by atoms with Gasteiger partial charge in [0.15, 0.2) is 10.6 Å². The summed E-state index contributed by atoms with van der Waals surface area (Å²) in [6, 6.07) is 10.4. The Morgan fingerprint density at radius 2 is 2.21 bits per heavy atom. The van der Waals surface area contributed by atoms with Gasteiger partial charge in [0.1, 0.15) is 0 Å². The van der Waals surface area contributed by atoms with Crippen LogP contribution in [0.15, 0.2) is 30.3 Å². The second-order valence-electron chi connectivity index (χ2n) is 4.95. The Morgan fingerprint density at radius 1 is 1.42 bits per heavy atom. The third-order valence-corrected chi connectivity index (χ3v) is 4.08. The van der Waals surface area contributed by atoms with Gasteiger partial charge in [-0.25, -0.2) is 0 Å². The van der Waals surface area contributed by atoms with Crippen LogP contribution in [0.4, 0.5) is 0 Å². The monoisotopic (exact) mass is 275 g/mol. The third kappa shape index (κ3) is 2.35. The molecule has 100 valence electrons. The van der Waals surface area contributed by atoms with Gasteiger partial charge >= 0.3 is 0 Å². The van der Waals surface area contributed by atoms with Gasteiger partial charge in [0.25, 0.3) is 0 Å². The van der Waals surface area contributed by atoms with Crippen LogP contribution < -0.4 is 0 Å². The first-order chi connectivity index (χ1) is 9.27. The zero-order valence-corrected chi connectivity index (χ0v) is 11.7. The van der Waals surface area contributed by atoms with Gasteiger partial charge in [-0.3, -0.25) is 9.67 Å². The van der Waals surface area contributed by atoms with Crippen molar-refractivity contribution >= 4 is 12.2 Å². The lowest BCUT2D eigenvalue weighted by Gasteiger charge is -2.20. The smallest absolute Gasteiger partial charge is 0.195 e. The summed E-state index contributed by atoms with van der Waals surface area (Å²) in [6.07, 6.45) is 1.09. The second-order valence-corrected chi connectivity index (χ2v) is 5.34. The lowest BCUT2D eigenvalue weighted by molar-refractivity contribution is 0.175. The van der Waals surface area contributed by atoms with E-state index in [1.165, 1.54) is 0 Å². The fourth-order valence-electron chi connectivity index (χ4n) is 2.62. The minimum atomic E-state index is 0.295. The molecule has 1 aromatic carbocycles. The Bertz CT molecular complexity index is 599. The van der Waals surface area contributed by atoms with Crippen LogP contribution in [0, 0.1) is 10.7 Å². The van der Waals surface area contributed by atoms with Crippen molar-refractivity contribution in [2.75, 3.05) is 13.2 Å². The van der Waals surface area contributed by atoms with Crippen LogP contribution in [-0.2, 0) is 4.74 Å². The molecule has 0 radical (unpaired) electrons. The number of rotatable bonds is 3. The van der Waals surface area contributed by atoms with E-state index in [0.29, 0.717) is 16.7 Å². The number of nitrogens with one attached hydrogen (secondary N) is 1. The molecule has 0 bridgehead atoms. The molecule has 4 nitrogen and oxygen atoms in total. The van der Waals surface area contributed by atoms with E-state index in [9.17, 15) is 0 Å². The summed E-state index contributed by atoms with van der Waals surface area (Å²) >= 11 is 5.39. The van der Waals surface area contributed by atoms with Gasteiger partial charge in [0.2, 0.25) is 0 Å². The van der Waals surface area contributed by atoms with Crippen LogP contribution in [0.5, 0.6) is 0 Å². The normalized spacial score (nSPS) is 20.6. The molecule has 1 aliphatic heterocycles. The minimum Gasteiger partial charge on any atom is -0.381 e. The van der Waals surface area contributed by atoms with E-state index in [4.69, 9.17) is 17.0 Å². The summed E-state index contributed by atoms with van der Waals surface area (Å²) in [4.78, 5) is 0. The molecule has 0 spiro atoms. The van der Waals surface area contributed by atoms with E-state index in [1.54, 1.807) is 0 Å². The molecular weight excluding hydrogens is 258 g/mol. The quantitative estimate of drug-likeness (QED) is 0.875. The predicted molar refractivity (Wildman–Crippen MR) is 76.5 cm³/mol. The topological polar surface area (TPSA) is 42.8 Å². The molecular formula is C14H17N3OS. The van der Waals surface area contributed by atoms with E-state index in [-0.39, 0.29) is 0 Å². The number of nitrogens with zero attached hydrogens (tertiary/aromatic N) is 2. The second kappa shape index (κ2) is 5.27. The molecule has 1 fully saturated rings. The van der Waals surface area contributed by atoms with E-state index < -0.39 is 0 Å². The minimum absolute atomic E-state index is 0.295. The van der Waals surface area contributed by atoms with Crippen molar-refractivity contribution in [2.45, 2.75) is 19.4 Å². The Morgan fingerprint density at radius 3 is 2.89 bits per heavy atom. The highest BCUT2D eigenvalue weighted by Crippen LogP contribution is 2.30. The molecule has 2 heterocycles. The van der Waals surface area contributed by atoms with Crippen LogP contribution in [0.1, 0.15) is 19.4 Å². The number of aromatic amines is 1. The first-order valence-electron chi connectivity index (χ1n) is 6.57. The first kappa shape index (κ1) is 12.6. The molecule has 2 unspecified atom stereocenters. The van der Waals surface area contributed by atoms with Gasteiger partial charge in [-0.05, 0) is 25.6 Å². The molecule has 1 saturated heterocycles. The molecule has 2 atom stereocenters. The van der Waals surface area contributed by atoms with Crippen LogP contribution >= 0.6 is 12.2 Å². The lowest BCUT2D eigenvalue weighted by Crippen LogP contribution is -2.18. The van der Waals surface area contributed by atoms with Gasteiger partial charge in [0.05, 0.1) is 6.61 Å². The molecule has 0 saturated carbocycles. The largest absolute Gasteiger partial charge is 0.381 e. The van der Waals surface area contributed by atoms with Crippen molar-refractivity contribution in [3.05, 3.63) is 35.1 Å². The zero-order valence-electron chi connectivity index (χ0n) is 10.9. The van der Waals surface area contributed by atoms with E-state index in [0.717, 1.165) is 31.0 Å². The number of hydrogen-bond donors (Lipinski definition) is 1. The lowest BCUT2D eigenvalue weighted by atomic mass is 10.0. The number of H-pyrrole nitrogens is 1.